The van der Waals surface area contributed by atoms with Crippen molar-refractivity contribution in [3.63, 3.8) is 0 Å². The van der Waals surface area contributed by atoms with Crippen molar-refractivity contribution in [2.75, 3.05) is 42.9 Å². The molecule has 1 aromatic heterocycles. The maximum absolute atomic E-state index is 12.5. The lowest BCUT2D eigenvalue weighted by atomic mass is 10.2. The SMILES string of the molecule is Cc1cc([N+](=O)[O-])ccc1NC(=O)CN1CCCN(c2nc3ccccc3[nH]2)CC1. The summed E-state index contributed by atoms with van der Waals surface area (Å²) in [5.74, 6) is 0.744. The first-order valence-electron chi connectivity index (χ1n) is 9.96. The average molecular weight is 408 g/mol. The molecular weight excluding hydrogens is 384 g/mol. The minimum Gasteiger partial charge on any atom is -0.341 e. The molecule has 1 fully saturated rings. The minimum atomic E-state index is -0.441. The zero-order valence-electron chi connectivity index (χ0n) is 16.8. The summed E-state index contributed by atoms with van der Waals surface area (Å²) < 4.78 is 0. The van der Waals surface area contributed by atoms with E-state index in [1.807, 2.05) is 24.3 Å². The van der Waals surface area contributed by atoms with Crippen molar-refractivity contribution in [1.29, 1.82) is 0 Å². The van der Waals surface area contributed by atoms with Gasteiger partial charge in [-0.15, -0.1) is 0 Å². The number of hydrogen-bond donors (Lipinski definition) is 2. The summed E-state index contributed by atoms with van der Waals surface area (Å²) >= 11 is 0. The number of fused-ring (bicyclic) bond motifs is 1. The second kappa shape index (κ2) is 8.50. The van der Waals surface area contributed by atoms with Crippen LogP contribution in [0.4, 0.5) is 17.3 Å². The van der Waals surface area contributed by atoms with Gasteiger partial charge in [0.05, 0.1) is 22.5 Å². The van der Waals surface area contributed by atoms with Crippen LogP contribution in [0.2, 0.25) is 0 Å². The van der Waals surface area contributed by atoms with Crippen LogP contribution < -0.4 is 10.2 Å². The summed E-state index contributed by atoms with van der Waals surface area (Å²) in [7, 11) is 0. The highest BCUT2D eigenvalue weighted by Crippen LogP contribution is 2.21. The van der Waals surface area contributed by atoms with E-state index in [-0.39, 0.29) is 18.1 Å². The third kappa shape index (κ3) is 4.41. The van der Waals surface area contributed by atoms with E-state index in [1.54, 1.807) is 13.0 Å². The first kappa shape index (κ1) is 19.8. The van der Waals surface area contributed by atoms with Gasteiger partial charge in [0.25, 0.3) is 5.69 Å². The molecule has 2 N–H and O–H groups in total. The molecule has 0 radical (unpaired) electrons. The van der Waals surface area contributed by atoms with Gasteiger partial charge in [0, 0.05) is 44.0 Å². The molecule has 0 aliphatic carbocycles. The molecule has 30 heavy (non-hydrogen) atoms. The zero-order chi connectivity index (χ0) is 21.1. The fraction of sp³-hybridized carbons (Fsp3) is 0.333. The Morgan fingerprint density at radius 3 is 2.80 bits per heavy atom. The standard InChI is InChI=1S/C21H24N6O3/c1-15-13-16(27(29)30)7-8-17(15)22-20(28)14-25-9-4-10-26(12-11-25)21-23-18-5-2-3-6-19(18)24-21/h2-3,5-8,13H,4,9-12,14H2,1H3,(H,22,28)(H,23,24). The van der Waals surface area contributed by atoms with Crippen LogP contribution in [0, 0.1) is 17.0 Å². The quantitative estimate of drug-likeness (QED) is 0.496. The van der Waals surface area contributed by atoms with Crippen LogP contribution in [0.5, 0.6) is 0 Å². The van der Waals surface area contributed by atoms with Crippen molar-refractivity contribution in [1.82, 2.24) is 14.9 Å². The summed E-state index contributed by atoms with van der Waals surface area (Å²) in [4.78, 5) is 35.3. The molecule has 1 aliphatic heterocycles. The molecule has 1 aliphatic rings. The molecule has 1 saturated heterocycles. The summed E-state index contributed by atoms with van der Waals surface area (Å²) in [5, 5.41) is 13.7. The van der Waals surface area contributed by atoms with Crippen LogP contribution in [0.15, 0.2) is 42.5 Å². The summed E-state index contributed by atoms with van der Waals surface area (Å²) in [5.41, 5.74) is 3.26. The molecule has 9 nitrogen and oxygen atoms in total. The number of nitrogens with zero attached hydrogens (tertiary/aromatic N) is 4. The lowest BCUT2D eigenvalue weighted by Gasteiger charge is -2.21. The first-order chi connectivity index (χ1) is 14.5. The monoisotopic (exact) mass is 408 g/mol. The number of rotatable bonds is 5. The van der Waals surface area contributed by atoms with Crippen LogP contribution in [0.25, 0.3) is 11.0 Å². The normalized spacial score (nSPS) is 15.2. The molecule has 9 heteroatoms. The number of imidazole rings is 1. The Kier molecular flexibility index (Phi) is 5.62. The molecule has 0 saturated carbocycles. The molecule has 1 amide bonds. The molecule has 2 aromatic carbocycles. The van der Waals surface area contributed by atoms with Gasteiger partial charge in [-0.3, -0.25) is 19.8 Å². The number of aryl methyl sites for hydroxylation is 1. The molecule has 0 unspecified atom stereocenters. The predicted molar refractivity (Wildman–Crippen MR) is 116 cm³/mol. The maximum atomic E-state index is 12.5. The number of aromatic amines is 1. The Hall–Kier alpha value is -3.46. The van der Waals surface area contributed by atoms with Crippen molar-refractivity contribution in [3.8, 4) is 0 Å². The largest absolute Gasteiger partial charge is 0.341 e. The topological polar surface area (TPSA) is 107 Å². The highest BCUT2D eigenvalue weighted by atomic mass is 16.6. The summed E-state index contributed by atoms with van der Waals surface area (Å²) in [6.45, 7) is 5.26. The number of anilines is 2. The first-order valence-corrected chi connectivity index (χ1v) is 9.96. The van der Waals surface area contributed by atoms with Gasteiger partial charge in [-0.2, -0.15) is 0 Å². The number of hydrogen-bond acceptors (Lipinski definition) is 6. The van der Waals surface area contributed by atoms with E-state index in [1.165, 1.54) is 12.1 Å². The predicted octanol–water partition coefficient (Wildman–Crippen LogP) is 2.93. The van der Waals surface area contributed by atoms with E-state index in [2.05, 4.69) is 25.1 Å². The second-order valence-corrected chi connectivity index (χ2v) is 7.50. The highest BCUT2D eigenvalue weighted by Gasteiger charge is 2.20. The van der Waals surface area contributed by atoms with E-state index in [4.69, 9.17) is 0 Å². The molecule has 3 aromatic rings. The van der Waals surface area contributed by atoms with E-state index in [0.29, 0.717) is 11.3 Å². The third-order valence-corrected chi connectivity index (χ3v) is 5.33. The number of aromatic nitrogens is 2. The minimum absolute atomic E-state index is 0.0173. The van der Waals surface area contributed by atoms with Gasteiger partial charge >= 0.3 is 0 Å². The van der Waals surface area contributed by atoms with Crippen LogP contribution in [0.1, 0.15) is 12.0 Å². The number of non-ortho nitro benzene ring substituents is 1. The van der Waals surface area contributed by atoms with Crippen LogP contribution >= 0.6 is 0 Å². The van der Waals surface area contributed by atoms with Crippen molar-refractivity contribution >= 4 is 34.3 Å². The third-order valence-electron chi connectivity index (χ3n) is 5.33. The van der Waals surface area contributed by atoms with Gasteiger partial charge in [-0.25, -0.2) is 4.98 Å². The Morgan fingerprint density at radius 2 is 2.03 bits per heavy atom. The number of nitro benzene ring substituents is 1. The van der Waals surface area contributed by atoms with Gasteiger partial charge < -0.3 is 15.2 Å². The zero-order valence-corrected chi connectivity index (χ0v) is 16.8. The van der Waals surface area contributed by atoms with Crippen LogP contribution in [0.3, 0.4) is 0 Å². The Labute approximate surface area is 173 Å². The van der Waals surface area contributed by atoms with E-state index < -0.39 is 4.92 Å². The molecule has 156 valence electrons. The van der Waals surface area contributed by atoms with E-state index >= 15 is 0 Å². The average Bonchev–Trinajstić information content (AvgIpc) is 3.02. The molecule has 4 rings (SSSR count). The van der Waals surface area contributed by atoms with Gasteiger partial charge in [-0.1, -0.05) is 12.1 Å². The van der Waals surface area contributed by atoms with Crippen molar-refractivity contribution in [2.45, 2.75) is 13.3 Å². The number of benzene rings is 2. The number of nitrogens with one attached hydrogen (secondary N) is 2. The summed E-state index contributed by atoms with van der Waals surface area (Å²) in [6.07, 6.45) is 0.931. The van der Waals surface area contributed by atoms with E-state index in [9.17, 15) is 14.9 Å². The number of carbonyl (C=O) groups is 1. The highest BCUT2D eigenvalue weighted by molar-refractivity contribution is 5.93. The number of para-hydroxylation sites is 2. The van der Waals surface area contributed by atoms with Crippen molar-refractivity contribution in [3.05, 3.63) is 58.1 Å². The maximum Gasteiger partial charge on any atom is 0.269 e. The van der Waals surface area contributed by atoms with Gasteiger partial charge in [0.15, 0.2) is 0 Å². The second-order valence-electron chi connectivity index (χ2n) is 7.50. The Morgan fingerprint density at radius 1 is 1.20 bits per heavy atom. The molecule has 0 atom stereocenters. The van der Waals surface area contributed by atoms with Crippen molar-refractivity contribution < 1.29 is 9.72 Å². The van der Waals surface area contributed by atoms with Gasteiger partial charge in [0.1, 0.15) is 0 Å². The molecule has 2 heterocycles. The fourth-order valence-electron chi connectivity index (χ4n) is 3.72. The number of amides is 1. The van der Waals surface area contributed by atoms with Crippen LogP contribution in [-0.4, -0.2) is 58.4 Å². The van der Waals surface area contributed by atoms with Crippen LogP contribution in [-0.2, 0) is 4.79 Å². The van der Waals surface area contributed by atoms with Gasteiger partial charge in [-0.05, 0) is 37.1 Å². The smallest absolute Gasteiger partial charge is 0.269 e. The summed E-state index contributed by atoms with van der Waals surface area (Å²) in [6, 6.07) is 12.4. The molecule has 0 bridgehead atoms. The van der Waals surface area contributed by atoms with Crippen molar-refractivity contribution in [2.24, 2.45) is 0 Å². The molecular formula is C21H24N6O3. The lowest BCUT2D eigenvalue weighted by molar-refractivity contribution is -0.384. The lowest BCUT2D eigenvalue weighted by Crippen LogP contribution is -2.36. The van der Waals surface area contributed by atoms with E-state index in [0.717, 1.165) is 49.6 Å². The molecule has 0 spiro atoms. The number of H-pyrrole nitrogens is 1. The number of nitro groups is 1. The number of carbonyl (C=O) groups excluding carboxylic acids is 1. The Bertz CT molecular complexity index is 1050. The fourth-order valence-corrected chi connectivity index (χ4v) is 3.72. The van der Waals surface area contributed by atoms with Gasteiger partial charge in [0.2, 0.25) is 11.9 Å². The Balaban J connectivity index is 1.34.